The molecular formula is C11H8F3N3O3. The van der Waals surface area contributed by atoms with Gasteiger partial charge in [-0.3, -0.25) is 10.1 Å². The maximum Gasteiger partial charge on any atom is 0.423 e. The third-order valence-corrected chi connectivity index (χ3v) is 2.46. The van der Waals surface area contributed by atoms with E-state index in [-0.39, 0.29) is 12.2 Å². The first kappa shape index (κ1) is 13.8. The Morgan fingerprint density at radius 3 is 2.65 bits per heavy atom. The Kier molecular flexibility index (Phi) is 3.59. The molecule has 1 aromatic carbocycles. The number of aromatic nitrogens is 1. The van der Waals surface area contributed by atoms with Crippen LogP contribution in [0.15, 0.2) is 35.1 Å². The number of alkyl halides is 3. The summed E-state index contributed by atoms with van der Waals surface area (Å²) < 4.78 is 42.8. The van der Waals surface area contributed by atoms with E-state index in [1.165, 1.54) is 12.3 Å². The van der Waals surface area contributed by atoms with E-state index in [0.717, 1.165) is 6.07 Å². The van der Waals surface area contributed by atoms with Crippen LogP contribution in [0.4, 0.5) is 24.5 Å². The highest BCUT2D eigenvalue weighted by molar-refractivity contribution is 5.55. The molecule has 0 bridgehead atoms. The van der Waals surface area contributed by atoms with Gasteiger partial charge in [-0.1, -0.05) is 5.16 Å². The molecule has 0 saturated heterocycles. The van der Waals surface area contributed by atoms with E-state index in [9.17, 15) is 23.3 Å². The van der Waals surface area contributed by atoms with Crippen molar-refractivity contribution in [1.82, 2.24) is 5.16 Å². The fourth-order valence-electron chi connectivity index (χ4n) is 1.55. The highest BCUT2D eigenvalue weighted by Gasteiger charge is 2.38. The summed E-state index contributed by atoms with van der Waals surface area (Å²) in [6.45, 7) is 0.144. The van der Waals surface area contributed by atoms with Crippen LogP contribution in [0, 0.1) is 10.1 Å². The Morgan fingerprint density at radius 1 is 1.35 bits per heavy atom. The molecule has 9 heteroatoms. The lowest BCUT2D eigenvalue weighted by atomic mass is 10.1. The first-order chi connectivity index (χ1) is 9.38. The van der Waals surface area contributed by atoms with Crippen LogP contribution in [-0.4, -0.2) is 10.1 Å². The van der Waals surface area contributed by atoms with Gasteiger partial charge in [0.05, 0.1) is 11.5 Å². The molecule has 2 aromatic rings. The van der Waals surface area contributed by atoms with E-state index < -0.39 is 22.4 Å². The van der Waals surface area contributed by atoms with Gasteiger partial charge in [0, 0.05) is 17.8 Å². The van der Waals surface area contributed by atoms with Crippen LogP contribution < -0.4 is 5.32 Å². The number of nitro benzene ring substituents is 1. The molecule has 0 atom stereocenters. The van der Waals surface area contributed by atoms with Crippen molar-refractivity contribution in [3.05, 3.63) is 51.9 Å². The lowest BCUT2D eigenvalue weighted by Crippen LogP contribution is -2.10. The van der Waals surface area contributed by atoms with Crippen molar-refractivity contribution in [2.75, 3.05) is 5.32 Å². The molecular weight excluding hydrogens is 279 g/mol. The first-order valence-electron chi connectivity index (χ1n) is 5.36. The molecule has 0 aliphatic heterocycles. The van der Waals surface area contributed by atoms with Crippen LogP contribution in [0.2, 0.25) is 0 Å². The van der Waals surface area contributed by atoms with Gasteiger partial charge < -0.3 is 9.84 Å². The molecule has 6 nitrogen and oxygen atoms in total. The number of nitro groups is 1. The number of nitrogens with one attached hydrogen (secondary N) is 1. The topological polar surface area (TPSA) is 81.2 Å². The second-order valence-electron chi connectivity index (χ2n) is 3.83. The summed E-state index contributed by atoms with van der Waals surface area (Å²) in [7, 11) is 0. The summed E-state index contributed by atoms with van der Waals surface area (Å²) in [5, 5.41) is 16.8. The summed E-state index contributed by atoms with van der Waals surface area (Å²) in [6.07, 6.45) is -3.47. The monoisotopic (exact) mass is 287 g/mol. The van der Waals surface area contributed by atoms with Gasteiger partial charge >= 0.3 is 6.18 Å². The second kappa shape index (κ2) is 5.19. The van der Waals surface area contributed by atoms with E-state index in [0.29, 0.717) is 11.8 Å². The number of rotatable bonds is 4. The summed E-state index contributed by atoms with van der Waals surface area (Å²) in [5.74, 6) is 0. The number of hydrogen-bond donors (Lipinski definition) is 1. The van der Waals surface area contributed by atoms with Crippen molar-refractivity contribution >= 4 is 11.4 Å². The van der Waals surface area contributed by atoms with Crippen molar-refractivity contribution in [3.8, 4) is 0 Å². The standard InChI is InChI=1S/C11H8F3N3O3/c12-11(13,14)9-5-7(1-2-10(9)17(18)19)15-6-8-3-4-20-16-8/h1-5,15H,6H2. The number of nitrogens with zero attached hydrogens (tertiary/aromatic N) is 2. The van der Waals surface area contributed by atoms with Crippen LogP contribution in [0.5, 0.6) is 0 Å². The Hall–Kier alpha value is -2.58. The largest absolute Gasteiger partial charge is 0.423 e. The average molecular weight is 287 g/mol. The van der Waals surface area contributed by atoms with E-state index in [4.69, 9.17) is 0 Å². The Bertz CT molecular complexity index is 611. The summed E-state index contributed by atoms with van der Waals surface area (Å²) in [5.41, 5.74) is -1.68. The molecule has 2 rings (SSSR count). The fourth-order valence-corrected chi connectivity index (χ4v) is 1.55. The van der Waals surface area contributed by atoms with Crippen molar-refractivity contribution in [1.29, 1.82) is 0 Å². The molecule has 0 unspecified atom stereocenters. The molecule has 0 amide bonds. The average Bonchev–Trinajstić information content (AvgIpc) is 2.88. The molecule has 0 radical (unpaired) electrons. The molecule has 20 heavy (non-hydrogen) atoms. The zero-order chi connectivity index (χ0) is 14.8. The Morgan fingerprint density at radius 2 is 2.10 bits per heavy atom. The minimum atomic E-state index is -4.80. The van der Waals surface area contributed by atoms with E-state index in [1.807, 2.05) is 0 Å². The number of halogens is 3. The van der Waals surface area contributed by atoms with Crippen LogP contribution in [0.3, 0.4) is 0 Å². The number of anilines is 1. The van der Waals surface area contributed by atoms with Crippen LogP contribution in [-0.2, 0) is 12.7 Å². The van der Waals surface area contributed by atoms with Gasteiger partial charge in [-0.15, -0.1) is 0 Å². The normalized spacial score (nSPS) is 11.3. The van der Waals surface area contributed by atoms with Gasteiger partial charge in [0.15, 0.2) is 0 Å². The van der Waals surface area contributed by atoms with Gasteiger partial charge in [0.25, 0.3) is 5.69 Å². The summed E-state index contributed by atoms with van der Waals surface area (Å²) >= 11 is 0. The van der Waals surface area contributed by atoms with Gasteiger partial charge in [-0.05, 0) is 12.1 Å². The number of benzene rings is 1. The van der Waals surface area contributed by atoms with E-state index in [1.54, 1.807) is 6.07 Å². The first-order valence-corrected chi connectivity index (χ1v) is 5.36. The van der Waals surface area contributed by atoms with E-state index >= 15 is 0 Å². The van der Waals surface area contributed by atoms with Crippen LogP contribution in [0.25, 0.3) is 0 Å². The highest BCUT2D eigenvalue weighted by Crippen LogP contribution is 2.37. The molecule has 106 valence electrons. The van der Waals surface area contributed by atoms with Crippen LogP contribution in [0.1, 0.15) is 11.3 Å². The van der Waals surface area contributed by atoms with Crippen molar-refractivity contribution in [2.45, 2.75) is 12.7 Å². The van der Waals surface area contributed by atoms with Gasteiger partial charge in [-0.25, -0.2) is 0 Å². The smallest absolute Gasteiger partial charge is 0.379 e. The lowest BCUT2D eigenvalue weighted by molar-refractivity contribution is -0.388. The quantitative estimate of drug-likeness (QED) is 0.689. The highest BCUT2D eigenvalue weighted by atomic mass is 19.4. The Balaban J connectivity index is 2.25. The van der Waals surface area contributed by atoms with Gasteiger partial charge in [-0.2, -0.15) is 13.2 Å². The van der Waals surface area contributed by atoms with Gasteiger partial charge in [0.2, 0.25) is 0 Å². The molecule has 0 spiro atoms. The number of hydrogen-bond acceptors (Lipinski definition) is 5. The van der Waals surface area contributed by atoms with E-state index in [2.05, 4.69) is 15.0 Å². The minimum absolute atomic E-state index is 0.103. The predicted molar refractivity (Wildman–Crippen MR) is 61.9 cm³/mol. The third kappa shape index (κ3) is 3.05. The summed E-state index contributed by atoms with van der Waals surface area (Å²) in [4.78, 5) is 9.52. The Labute approximate surface area is 110 Å². The molecule has 1 heterocycles. The van der Waals surface area contributed by atoms with Gasteiger partial charge in [0.1, 0.15) is 17.5 Å². The second-order valence-corrected chi connectivity index (χ2v) is 3.83. The third-order valence-electron chi connectivity index (χ3n) is 2.46. The van der Waals surface area contributed by atoms with Crippen LogP contribution >= 0.6 is 0 Å². The zero-order valence-electron chi connectivity index (χ0n) is 9.85. The van der Waals surface area contributed by atoms with Crippen molar-refractivity contribution in [2.24, 2.45) is 0 Å². The fraction of sp³-hybridized carbons (Fsp3) is 0.182. The predicted octanol–water partition coefficient (Wildman–Crippen LogP) is 3.21. The molecule has 0 saturated carbocycles. The maximum absolute atomic E-state index is 12.7. The molecule has 1 aromatic heterocycles. The minimum Gasteiger partial charge on any atom is -0.379 e. The molecule has 0 aliphatic rings. The van der Waals surface area contributed by atoms with Crippen molar-refractivity contribution in [3.63, 3.8) is 0 Å². The molecule has 0 aliphatic carbocycles. The molecule has 1 N–H and O–H groups in total. The molecule has 0 fully saturated rings. The van der Waals surface area contributed by atoms with Crippen molar-refractivity contribution < 1.29 is 22.6 Å². The lowest BCUT2D eigenvalue weighted by Gasteiger charge is -2.10. The SMILES string of the molecule is O=[N+]([O-])c1ccc(NCc2ccon2)cc1C(F)(F)F. The maximum atomic E-state index is 12.7. The summed E-state index contributed by atoms with van der Waals surface area (Å²) in [6, 6.07) is 4.25. The zero-order valence-corrected chi connectivity index (χ0v) is 9.85.